The lowest BCUT2D eigenvalue weighted by Gasteiger charge is -2.24. The first kappa shape index (κ1) is 22.1. The van der Waals surface area contributed by atoms with E-state index in [1.165, 1.54) is 12.3 Å². The summed E-state index contributed by atoms with van der Waals surface area (Å²) in [6, 6.07) is 13.1. The average molecular weight is 450 g/mol. The summed E-state index contributed by atoms with van der Waals surface area (Å²) in [5.74, 6) is -4.01. The van der Waals surface area contributed by atoms with Crippen LogP contribution in [0.25, 0.3) is 5.76 Å². The van der Waals surface area contributed by atoms with Crippen LogP contribution in [0.1, 0.15) is 30.6 Å². The number of rotatable bonds is 6. The van der Waals surface area contributed by atoms with Crippen LogP contribution in [0.3, 0.4) is 0 Å². The molecule has 1 aliphatic rings. The van der Waals surface area contributed by atoms with E-state index in [0.717, 1.165) is 23.5 Å². The van der Waals surface area contributed by atoms with Crippen LogP contribution in [0, 0.1) is 11.6 Å². The summed E-state index contributed by atoms with van der Waals surface area (Å²) in [6.45, 7) is 2.51. The van der Waals surface area contributed by atoms with Crippen molar-refractivity contribution in [1.29, 1.82) is 0 Å². The zero-order valence-electron chi connectivity index (χ0n) is 17.7. The fourth-order valence-electron chi connectivity index (χ4n) is 3.64. The largest absolute Gasteiger partial charge is 0.507 e. The van der Waals surface area contributed by atoms with E-state index in [4.69, 9.17) is 4.74 Å². The Morgan fingerprint density at radius 1 is 1.06 bits per heavy atom. The van der Waals surface area contributed by atoms with Gasteiger partial charge in [0.1, 0.15) is 17.6 Å². The molecule has 2 aromatic carbocycles. The summed E-state index contributed by atoms with van der Waals surface area (Å²) in [6.07, 6.45) is 2.31. The predicted octanol–water partition coefficient (Wildman–Crippen LogP) is 4.77. The average Bonchev–Trinajstić information content (AvgIpc) is 3.10. The highest BCUT2D eigenvalue weighted by atomic mass is 19.2. The number of carbonyl (C=O) groups excluding carboxylic acids is 2. The van der Waals surface area contributed by atoms with Gasteiger partial charge < -0.3 is 9.84 Å². The smallest absolute Gasteiger partial charge is 0.300 e. The molecule has 1 unspecified atom stereocenters. The van der Waals surface area contributed by atoms with Crippen molar-refractivity contribution >= 4 is 23.1 Å². The Hall–Kier alpha value is -4.07. The Balaban J connectivity index is 1.84. The topological polar surface area (TPSA) is 79.7 Å². The molecule has 8 heteroatoms. The van der Waals surface area contributed by atoms with Crippen LogP contribution in [0.5, 0.6) is 5.75 Å². The lowest BCUT2D eigenvalue weighted by atomic mass is 9.98. The van der Waals surface area contributed by atoms with Crippen LogP contribution in [-0.2, 0) is 9.59 Å². The Morgan fingerprint density at radius 2 is 1.82 bits per heavy atom. The van der Waals surface area contributed by atoms with Gasteiger partial charge in [0, 0.05) is 23.5 Å². The molecule has 4 rings (SSSR count). The van der Waals surface area contributed by atoms with Gasteiger partial charge in [0.05, 0.1) is 17.9 Å². The lowest BCUT2D eigenvalue weighted by Crippen LogP contribution is -2.30. The summed E-state index contributed by atoms with van der Waals surface area (Å²) in [5.41, 5.74) is 0.341. The van der Waals surface area contributed by atoms with Crippen LogP contribution in [0.15, 0.2) is 72.4 Å². The van der Waals surface area contributed by atoms with Crippen molar-refractivity contribution in [2.45, 2.75) is 19.4 Å². The highest BCUT2D eigenvalue weighted by Gasteiger charge is 2.47. The molecule has 0 bridgehead atoms. The minimum Gasteiger partial charge on any atom is -0.507 e. The Kier molecular flexibility index (Phi) is 6.17. The van der Waals surface area contributed by atoms with Gasteiger partial charge in [0.25, 0.3) is 11.7 Å². The minimum absolute atomic E-state index is 0.0333. The van der Waals surface area contributed by atoms with Crippen LogP contribution in [0.4, 0.5) is 14.5 Å². The van der Waals surface area contributed by atoms with Crippen molar-refractivity contribution in [3.63, 3.8) is 0 Å². The minimum atomic E-state index is -1.17. The number of carbonyl (C=O) groups is 2. The number of hydrogen-bond donors (Lipinski definition) is 1. The number of ether oxygens (including phenoxy) is 1. The Morgan fingerprint density at radius 3 is 2.45 bits per heavy atom. The molecule has 3 aromatic rings. The van der Waals surface area contributed by atoms with Crippen molar-refractivity contribution in [2.24, 2.45) is 0 Å². The number of amides is 1. The predicted molar refractivity (Wildman–Crippen MR) is 118 cm³/mol. The maximum Gasteiger partial charge on any atom is 0.300 e. The molecule has 1 fully saturated rings. The molecule has 6 nitrogen and oxygen atoms in total. The summed E-state index contributed by atoms with van der Waals surface area (Å²) >= 11 is 0. The number of ketones is 1. The van der Waals surface area contributed by atoms with Gasteiger partial charge in [0.15, 0.2) is 11.6 Å². The molecule has 1 saturated heterocycles. The molecule has 0 radical (unpaired) electrons. The van der Waals surface area contributed by atoms with Crippen molar-refractivity contribution in [3.05, 3.63) is 95.3 Å². The summed E-state index contributed by atoms with van der Waals surface area (Å²) in [5, 5.41) is 11.0. The van der Waals surface area contributed by atoms with E-state index >= 15 is 0 Å². The first-order valence-electron chi connectivity index (χ1n) is 10.3. The second kappa shape index (κ2) is 9.20. The number of pyridine rings is 1. The van der Waals surface area contributed by atoms with E-state index in [0.29, 0.717) is 17.9 Å². The van der Waals surface area contributed by atoms with E-state index in [9.17, 15) is 23.5 Å². The molecule has 33 heavy (non-hydrogen) atoms. The van der Waals surface area contributed by atoms with Gasteiger partial charge in [0.2, 0.25) is 0 Å². The van der Waals surface area contributed by atoms with Gasteiger partial charge in [-0.15, -0.1) is 0 Å². The van der Waals surface area contributed by atoms with Crippen molar-refractivity contribution in [3.8, 4) is 5.75 Å². The van der Waals surface area contributed by atoms with E-state index < -0.39 is 35.1 Å². The van der Waals surface area contributed by atoms with E-state index in [1.807, 2.05) is 6.92 Å². The number of anilines is 1. The zero-order chi connectivity index (χ0) is 23.5. The quantitative estimate of drug-likeness (QED) is 0.332. The van der Waals surface area contributed by atoms with Crippen LogP contribution >= 0.6 is 0 Å². The normalized spacial score (nSPS) is 17.4. The Labute approximate surface area is 188 Å². The molecule has 168 valence electrons. The third-order valence-corrected chi connectivity index (χ3v) is 5.19. The van der Waals surface area contributed by atoms with Gasteiger partial charge >= 0.3 is 0 Å². The number of aliphatic hydroxyl groups excluding tert-OH is 1. The molecule has 1 aliphatic heterocycles. The molecule has 1 amide bonds. The first-order valence-corrected chi connectivity index (χ1v) is 10.3. The summed E-state index contributed by atoms with van der Waals surface area (Å²) < 4.78 is 33.0. The molecule has 2 heterocycles. The summed E-state index contributed by atoms with van der Waals surface area (Å²) in [4.78, 5) is 31.2. The van der Waals surface area contributed by atoms with Crippen molar-refractivity contribution < 1.29 is 28.2 Å². The SMILES string of the molecule is CCCOc1ccc(/C(O)=C2\C(=O)C(=O)N(c3ccc(F)c(F)c3)C2c2ccccn2)cc1. The second-order valence-corrected chi connectivity index (χ2v) is 7.39. The van der Waals surface area contributed by atoms with Crippen LogP contribution in [0.2, 0.25) is 0 Å². The lowest BCUT2D eigenvalue weighted by molar-refractivity contribution is -0.132. The number of hydrogen-bond acceptors (Lipinski definition) is 5. The maximum absolute atomic E-state index is 13.9. The van der Waals surface area contributed by atoms with Gasteiger partial charge in [-0.3, -0.25) is 19.5 Å². The monoisotopic (exact) mass is 450 g/mol. The molecule has 0 saturated carbocycles. The Bertz CT molecular complexity index is 1230. The molecule has 1 aromatic heterocycles. The van der Waals surface area contributed by atoms with Gasteiger partial charge in [-0.05, 0) is 55.0 Å². The zero-order valence-corrected chi connectivity index (χ0v) is 17.7. The summed E-state index contributed by atoms with van der Waals surface area (Å²) in [7, 11) is 0. The van der Waals surface area contributed by atoms with Crippen LogP contribution < -0.4 is 9.64 Å². The standard InChI is InChI=1S/C25H20F2N2O4/c1-2-13-33-17-9-6-15(7-10-17)23(30)21-22(20-5-3-4-12-28-20)29(25(32)24(21)31)16-8-11-18(26)19(27)14-16/h3-12,14,22,30H,2,13H2,1H3/b23-21+. The van der Waals surface area contributed by atoms with Crippen molar-refractivity contribution in [1.82, 2.24) is 4.98 Å². The van der Waals surface area contributed by atoms with E-state index in [-0.39, 0.29) is 17.0 Å². The number of Topliss-reactive ketones (excluding diaryl/α,β-unsaturated/α-hetero) is 1. The molecule has 1 N–H and O–H groups in total. The third-order valence-electron chi connectivity index (χ3n) is 5.19. The molecular weight excluding hydrogens is 430 g/mol. The number of aliphatic hydroxyl groups is 1. The van der Waals surface area contributed by atoms with E-state index in [2.05, 4.69) is 4.98 Å². The number of nitrogens with zero attached hydrogens (tertiary/aromatic N) is 2. The number of halogens is 2. The second-order valence-electron chi connectivity index (χ2n) is 7.39. The van der Waals surface area contributed by atoms with Gasteiger partial charge in [-0.25, -0.2) is 8.78 Å². The molecular formula is C25H20F2N2O4. The highest BCUT2D eigenvalue weighted by Crippen LogP contribution is 2.41. The third kappa shape index (κ3) is 4.19. The van der Waals surface area contributed by atoms with Crippen LogP contribution in [-0.4, -0.2) is 28.4 Å². The molecule has 0 spiro atoms. The molecule has 1 atom stereocenters. The van der Waals surface area contributed by atoms with Crippen molar-refractivity contribution in [2.75, 3.05) is 11.5 Å². The fourth-order valence-corrected chi connectivity index (χ4v) is 3.64. The van der Waals surface area contributed by atoms with Gasteiger partial charge in [-0.2, -0.15) is 0 Å². The van der Waals surface area contributed by atoms with Gasteiger partial charge in [-0.1, -0.05) is 13.0 Å². The maximum atomic E-state index is 13.9. The number of aromatic nitrogens is 1. The first-order chi connectivity index (χ1) is 15.9. The fraction of sp³-hybridized carbons (Fsp3) is 0.160. The molecule has 0 aliphatic carbocycles. The number of benzene rings is 2. The highest BCUT2D eigenvalue weighted by molar-refractivity contribution is 6.51. The van der Waals surface area contributed by atoms with E-state index in [1.54, 1.807) is 42.5 Å².